The average Bonchev–Trinajstić information content (AvgIpc) is 2.61. The third-order valence-corrected chi connectivity index (χ3v) is 4.91. The summed E-state index contributed by atoms with van der Waals surface area (Å²) in [7, 11) is 1.31. The zero-order valence-corrected chi connectivity index (χ0v) is 15.2. The van der Waals surface area contributed by atoms with Crippen LogP contribution in [0.3, 0.4) is 0 Å². The van der Waals surface area contributed by atoms with Crippen molar-refractivity contribution in [1.29, 1.82) is 0 Å². The highest BCUT2D eigenvalue weighted by molar-refractivity contribution is 7.99. The maximum absolute atomic E-state index is 12.3. The molecule has 2 aromatic rings. The minimum atomic E-state index is -1.53. The van der Waals surface area contributed by atoms with Crippen molar-refractivity contribution in [3.63, 3.8) is 0 Å². The molecular weight excluding hydrogens is 338 g/mol. The molecule has 2 rings (SSSR count). The fourth-order valence-corrected chi connectivity index (χ4v) is 2.90. The Kier molecular flexibility index (Phi) is 6.22. The maximum Gasteiger partial charge on any atom is 0.337 e. The average molecular weight is 359 g/mol. The number of aliphatic hydroxyl groups is 1. The van der Waals surface area contributed by atoms with Crippen LogP contribution in [0.4, 0.5) is 5.69 Å². The van der Waals surface area contributed by atoms with E-state index in [9.17, 15) is 14.7 Å². The molecule has 0 spiro atoms. The second kappa shape index (κ2) is 8.18. The summed E-state index contributed by atoms with van der Waals surface area (Å²) in [4.78, 5) is 24.7. The fourth-order valence-electron chi connectivity index (χ4n) is 2.00. The van der Waals surface area contributed by atoms with Crippen LogP contribution in [0.5, 0.6) is 0 Å². The molecule has 0 bridgehead atoms. The number of amides is 1. The van der Waals surface area contributed by atoms with Crippen molar-refractivity contribution < 1.29 is 19.4 Å². The van der Waals surface area contributed by atoms with Crippen LogP contribution < -0.4 is 5.32 Å². The lowest BCUT2D eigenvalue weighted by molar-refractivity contribution is -0.130. The van der Waals surface area contributed by atoms with Crippen molar-refractivity contribution >= 4 is 29.3 Å². The van der Waals surface area contributed by atoms with E-state index in [1.54, 1.807) is 24.3 Å². The van der Waals surface area contributed by atoms with Crippen molar-refractivity contribution in [1.82, 2.24) is 0 Å². The number of carbonyl (C=O) groups is 2. The summed E-state index contributed by atoms with van der Waals surface area (Å²) in [6, 6.07) is 14.2. The van der Waals surface area contributed by atoms with E-state index in [-0.39, 0.29) is 5.75 Å². The van der Waals surface area contributed by atoms with Gasteiger partial charge in [-0.1, -0.05) is 17.7 Å². The number of methoxy groups -OCH3 is 1. The Bertz CT molecular complexity index is 739. The summed E-state index contributed by atoms with van der Waals surface area (Å²) in [5.41, 5.74) is 0.515. The molecule has 0 fully saturated rings. The maximum atomic E-state index is 12.3. The third-order valence-electron chi connectivity index (χ3n) is 3.59. The van der Waals surface area contributed by atoms with Crippen LogP contribution in [0, 0.1) is 6.92 Å². The summed E-state index contributed by atoms with van der Waals surface area (Å²) >= 11 is 1.41. The molecule has 5 nitrogen and oxygen atoms in total. The van der Waals surface area contributed by atoms with Gasteiger partial charge in [0.2, 0.25) is 0 Å². The highest BCUT2D eigenvalue weighted by Crippen LogP contribution is 2.24. The number of ether oxygens (including phenoxy) is 1. The van der Waals surface area contributed by atoms with Gasteiger partial charge in [-0.05, 0) is 50.2 Å². The van der Waals surface area contributed by atoms with Gasteiger partial charge in [-0.2, -0.15) is 0 Å². The van der Waals surface area contributed by atoms with Gasteiger partial charge in [0.1, 0.15) is 5.60 Å². The van der Waals surface area contributed by atoms with Crippen LogP contribution >= 0.6 is 11.8 Å². The lowest BCUT2D eigenvalue weighted by Crippen LogP contribution is -2.42. The van der Waals surface area contributed by atoms with Gasteiger partial charge in [-0.25, -0.2) is 4.79 Å². The van der Waals surface area contributed by atoms with Crippen LogP contribution in [0.1, 0.15) is 22.8 Å². The standard InChI is InChI=1S/C19H21NO4S/c1-13-4-10-16(11-5-13)25-12-19(2,23)18(22)20-15-8-6-14(7-9-15)17(21)24-3/h4-11,23H,12H2,1-3H3,(H,20,22)/t19-/m1/s1. The molecule has 0 heterocycles. The van der Waals surface area contributed by atoms with Gasteiger partial charge >= 0.3 is 5.97 Å². The van der Waals surface area contributed by atoms with E-state index in [4.69, 9.17) is 0 Å². The van der Waals surface area contributed by atoms with Crippen molar-refractivity contribution in [2.45, 2.75) is 24.3 Å². The lowest BCUT2D eigenvalue weighted by Gasteiger charge is -2.22. The zero-order chi connectivity index (χ0) is 18.4. The smallest absolute Gasteiger partial charge is 0.337 e. The molecule has 6 heteroatoms. The zero-order valence-electron chi connectivity index (χ0n) is 14.4. The van der Waals surface area contributed by atoms with Gasteiger partial charge in [-0.15, -0.1) is 11.8 Å². The number of hydrogen-bond acceptors (Lipinski definition) is 5. The SMILES string of the molecule is COC(=O)c1ccc(NC(=O)[C@](C)(O)CSc2ccc(C)cc2)cc1. The van der Waals surface area contributed by atoms with Crippen LogP contribution in [0.15, 0.2) is 53.4 Å². The first-order chi connectivity index (χ1) is 11.8. The van der Waals surface area contributed by atoms with E-state index in [0.717, 1.165) is 10.5 Å². The molecule has 25 heavy (non-hydrogen) atoms. The van der Waals surface area contributed by atoms with E-state index in [1.807, 2.05) is 31.2 Å². The van der Waals surface area contributed by atoms with Crippen molar-refractivity contribution in [3.8, 4) is 0 Å². The van der Waals surface area contributed by atoms with Gasteiger partial charge in [0.15, 0.2) is 0 Å². The number of esters is 1. The Morgan fingerprint density at radius 3 is 2.28 bits per heavy atom. The number of aryl methyl sites for hydroxylation is 1. The van der Waals surface area contributed by atoms with Crippen molar-refractivity contribution in [2.24, 2.45) is 0 Å². The van der Waals surface area contributed by atoms with Gasteiger partial charge < -0.3 is 15.2 Å². The molecule has 1 amide bonds. The molecule has 0 saturated carbocycles. The second-order valence-electron chi connectivity index (χ2n) is 5.90. The largest absolute Gasteiger partial charge is 0.465 e. The topological polar surface area (TPSA) is 75.6 Å². The number of nitrogens with one attached hydrogen (secondary N) is 1. The van der Waals surface area contributed by atoms with Gasteiger partial charge in [0.05, 0.1) is 12.7 Å². The first kappa shape index (κ1) is 19.0. The summed E-state index contributed by atoms with van der Waals surface area (Å²) in [5, 5.41) is 13.1. The van der Waals surface area contributed by atoms with Crippen LogP contribution in [-0.4, -0.2) is 35.4 Å². The van der Waals surface area contributed by atoms with E-state index in [0.29, 0.717) is 11.3 Å². The molecule has 0 saturated heterocycles. The molecule has 2 N–H and O–H groups in total. The highest BCUT2D eigenvalue weighted by atomic mass is 32.2. The number of anilines is 1. The van der Waals surface area contributed by atoms with Crippen LogP contribution in [-0.2, 0) is 9.53 Å². The Hall–Kier alpha value is -2.31. The monoisotopic (exact) mass is 359 g/mol. The Morgan fingerprint density at radius 2 is 1.72 bits per heavy atom. The second-order valence-corrected chi connectivity index (χ2v) is 6.95. The predicted octanol–water partition coefficient (Wildman–Crippen LogP) is 3.26. The molecule has 2 aromatic carbocycles. The number of rotatable bonds is 6. The Morgan fingerprint density at radius 1 is 1.12 bits per heavy atom. The molecule has 0 radical (unpaired) electrons. The number of hydrogen-bond donors (Lipinski definition) is 2. The molecule has 1 atom stereocenters. The lowest BCUT2D eigenvalue weighted by atomic mass is 10.1. The molecule has 0 aliphatic heterocycles. The van der Waals surface area contributed by atoms with Crippen molar-refractivity contribution in [2.75, 3.05) is 18.2 Å². The Balaban J connectivity index is 1.95. The first-order valence-electron chi connectivity index (χ1n) is 7.73. The highest BCUT2D eigenvalue weighted by Gasteiger charge is 2.30. The van der Waals surface area contributed by atoms with E-state index in [2.05, 4.69) is 10.1 Å². The summed E-state index contributed by atoms with van der Waals surface area (Å²) in [5.74, 6) is -0.723. The molecule has 132 valence electrons. The predicted molar refractivity (Wildman–Crippen MR) is 98.9 cm³/mol. The molecule has 0 unspecified atom stereocenters. The minimum absolute atomic E-state index is 0.224. The number of benzene rings is 2. The van der Waals surface area contributed by atoms with Crippen LogP contribution in [0.25, 0.3) is 0 Å². The summed E-state index contributed by atoms with van der Waals surface area (Å²) in [6.07, 6.45) is 0. The molecular formula is C19H21NO4S. The van der Waals surface area contributed by atoms with E-state index < -0.39 is 17.5 Å². The van der Waals surface area contributed by atoms with Gasteiger partial charge in [0.25, 0.3) is 5.91 Å². The van der Waals surface area contributed by atoms with Gasteiger partial charge in [0, 0.05) is 16.3 Å². The van der Waals surface area contributed by atoms with Gasteiger partial charge in [-0.3, -0.25) is 4.79 Å². The summed E-state index contributed by atoms with van der Waals surface area (Å²) in [6.45, 7) is 3.48. The Labute approximate surface area is 151 Å². The summed E-state index contributed by atoms with van der Waals surface area (Å²) < 4.78 is 4.62. The number of carbonyl (C=O) groups excluding carboxylic acids is 2. The van der Waals surface area contributed by atoms with Crippen LogP contribution in [0.2, 0.25) is 0 Å². The van der Waals surface area contributed by atoms with E-state index >= 15 is 0 Å². The minimum Gasteiger partial charge on any atom is -0.465 e. The molecule has 0 aliphatic carbocycles. The molecule has 0 aliphatic rings. The first-order valence-corrected chi connectivity index (χ1v) is 8.72. The quantitative estimate of drug-likeness (QED) is 0.612. The third kappa shape index (κ3) is 5.34. The van der Waals surface area contributed by atoms with E-state index in [1.165, 1.54) is 25.8 Å². The fraction of sp³-hybridized carbons (Fsp3) is 0.263. The number of thioether (sulfide) groups is 1. The molecule has 0 aromatic heterocycles. The van der Waals surface area contributed by atoms with Crippen molar-refractivity contribution in [3.05, 3.63) is 59.7 Å². The normalized spacial score (nSPS) is 13.0.